The minimum absolute atomic E-state index is 0.00444. The highest BCUT2D eigenvalue weighted by Gasteiger charge is 2.23. The predicted octanol–water partition coefficient (Wildman–Crippen LogP) is 4.21. The van der Waals surface area contributed by atoms with E-state index >= 15 is 0 Å². The second kappa shape index (κ2) is 4.49. The molecule has 0 aliphatic heterocycles. The molecular formula is C17H21N. The van der Waals surface area contributed by atoms with Crippen LogP contribution in [0.5, 0.6) is 0 Å². The second-order valence-corrected chi connectivity index (χ2v) is 5.51. The molecule has 0 fully saturated rings. The molecule has 0 aliphatic rings. The molecule has 0 saturated heterocycles. The number of aryl methyl sites for hydroxylation is 2. The van der Waals surface area contributed by atoms with Gasteiger partial charge in [0.1, 0.15) is 0 Å². The number of benzene rings is 2. The Morgan fingerprint density at radius 2 is 1.33 bits per heavy atom. The van der Waals surface area contributed by atoms with Crippen LogP contribution < -0.4 is 5.73 Å². The molecule has 94 valence electrons. The molecule has 0 heterocycles. The van der Waals surface area contributed by atoms with Gasteiger partial charge in [0.05, 0.1) is 0 Å². The average molecular weight is 239 g/mol. The first kappa shape index (κ1) is 12.7. The van der Waals surface area contributed by atoms with E-state index in [2.05, 4.69) is 70.2 Å². The standard InChI is InChI=1S/C17H21N/c1-12-10-15(11-13(2)16(12)18)17(3,4)14-8-6-5-7-9-14/h5-11H,18H2,1-4H3. The Kier molecular flexibility index (Phi) is 3.16. The summed E-state index contributed by atoms with van der Waals surface area (Å²) >= 11 is 0. The zero-order valence-electron chi connectivity index (χ0n) is 11.6. The molecule has 1 heteroatoms. The molecule has 18 heavy (non-hydrogen) atoms. The smallest absolute Gasteiger partial charge is 0.0373 e. The van der Waals surface area contributed by atoms with Crippen molar-refractivity contribution >= 4 is 5.69 Å². The van der Waals surface area contributed by atoms with Gasteiger partial charge in [0.25, 0.3) is 0 Å². The molecule has 0 aromatic heterocycles. The number of nitrogen functional groups attached to an aromatic ring is 1. The number of hydrogen-bond acceptors (Lipinski definition) is 1. The van der Waals surface area contributed by atoms with Gasteiger partial charge in [-0.05, 0) is 36.1 Å². The van der Waals surface area contributed by atoms with Crippen LogP contribution in [-0.4, -0.2) is 0 Å². The van der Waals surface area contributed by atoms with E-state index in [0.717, 1.165) is 16.8 Å². The second-order valence-electron chi connectivity index (χ2n) is 5.51. The number of nitrogens with two attached hydrogens (primary N) is 1. The molecule has 1 nitrogen and oxygen atoms in total. The van der Waals surface area contributed by atoms with Crippen molar-refractivity contribution < 1.29 is 0 Å². The van der Waals surface area contributed by atoms with Crippen molar-refractivity contribution in [3.05, 3.63) is 64.7 Å². The minimum Gasteiger partial charge on any atom is -0.398 e. The molecule has 0 aliphatic carbocycles. The zero-order chi connectivity index (χ0) is 13.3. The highest BCUT2D eigenvalue weighted by Crippen LogP contribution is 2.34. The lowest BCUT2D eigenvalue weighted by Gasteiger charge is -2.27. The molecule has 2 N–H and O–H groups in total. The monoisotopic (exact) mass is 239 g/mol. The van der Waals surface area contributed by atoms with Crippen LogP contribution in [0.2, 0.25) is 0 Å². The van der Waals surface area contributed by atoms with Gasteiger partial charge in [-0.25, -0.2) is 0 Å². The van der Waals surface area contributed by atoms with Crippen LogP contribution >= 0.6 is 0 Å². The Morgan fingerprint density at radius 1 is 0.833 bits per heavy atom. The van der Waals surface area contributed by atoms with Gasteiger partial charge in [-0.1, -0.05) is 56.3 Å². The summed E-state index contributed by atoms with van der Waals surface area (Å²) in [6.07, 6.45) is 0. The SMILES string of the molecule is Cc1cc(C(C)(C)c2ccccc2)cc(C)c1N. The van der Waals surface area contributed by atoms with Gasteiger partial charge in [-0.2, -0.15) is 0 Å². The summed E-state index contributed by atoms with van der Waals surface area (Å²) in [5, 5.41) is 0. The maximum absolute atomic E-state index is 6.03. The number of anilines is 1. The summed E-state index contributed by atoms with van der Waals surface area (Å²) in [4.78, 5) is 0. The highest BCUT2D eigenvalue weighted by molar-refractivity contribution is 5.56. The van der Waals surface area contributed by atoms with Gasteiger partial charge in [0.2, 0.25) is 0 Å². The summed E-state index contributed by atoms with van der Waals surface area (Å²) in [5.41, 5.74) is 11.9. The molecule has 0 unspecified atom stereocenters. The Balaban J connectivity index is 2.54. The maximum Gasteiger partial charge on any atom is 0.0373 e. The molecule has 0 amide bonds. The Bertz CT molecular complexity index is 530. The van der Waals surface area contributed by atoms with Gasteiger partial charge in [0.15, 0.2) is 0 Å². The Hall–Kier alpha value is -1.76. The minimum atomic E-state index is 0.00444. The summed E-state index contributed by atoms with van der Waals surface area (Å²) < 4.78 is 0. The lowest BCUT2D eigenvalue weighted by Crippen LogP contribution is -2.19. The van der Waals surface area contributed by atoms with E-state index in [0.29, 0.717) is 0 Å². The van der Waals surface area contributed by atoms with Crippen LogP contribution in [0.4, 0.5) is 5.69 Å². The van der Waals surface area contributed by atoms with Crippen molar-refractivity contribution in [3.8, 4) is 0 Å². The predicted molar refractivity (Wildman–Crippen MR) is 78.9 cm³/mol. The van der Waals surface area contributed by atoms with Crippen LogP contribution in [0, 0.1) is 13.8 Å². The van der Waals surface area contributed by atoms with Crippen molar-refractivity contribution in [1.29, 1.82) is 0 Å². The molecule has 2 rings (SSSR count). The number of hydrogen-bond donors (Lipinski definition) is 1. The van der Waals surface area contributed by atoms with Crippen LogP contribution in [0.15, 0.2) is 42.5 Å². The van der Waals surface area contributed by atoms with E-state index in [1.165, 1.54) is 11.1 Å². The van der Waals surface area contributed by atoms with Crippen molar-refractivity contribution in [2.24, 2.45) is 0 Å². The third kappa shape index (κ3) is 2.13. The van der Waals surface area contributed by atoms with Gasteiger partial charge in [-0.3, -0.25) is 0 Å². The lowest BCUT2D eigenvalue weighted by molar-refractivity contribution is 0.639. The topological polar surface area (TPSA) is 26.0 Å². The fourth-order valence-corrected chi connectivity index (χ4v) is 2.36. The summed E-state index contributed by atoms with van der Waals surface area (Å²) in [6, 6.07) is 15.0. The molecule has 0 radical (unpaired) electrons. The van der Waals surface area contributed by atoms with Gasteiger partial charge in [-0.15, -0.1) is 0 Å². The third-order valence-corrected chi connectivity index (χ3v) is 3.81. The molecule has 2 aromatic carbocycles. The van der Waals surface area contributed by atoms with Crippen molar-refractivity contribution in [1.82, 2.24) is 0 Å². The van der Waals surface area contributed by atoms with Crippen molar-refractivity contribution in [2.75, 3.05) is 5.73 Å². The fourth-order valence-electron chi connectivity index (χ4n) is 2.36. The molecule has 2 aromatic rings. The molecule has 0 saturated carbocycles. The first-order valence-corrected chi connectivity index (χ1v) is 6.35. The maximum atomic E-state index is 6.03. The van der Waals surface area contributed by atoms with E-state index in [-0.39, 0.29) is 5.41 Å². The fraction of sp³-hybridized carbons (Fsp3) is 0.294. The van der Waals surface area contributed by atoms with E-state index < -0.39 is 0 Å². The van der Waals surface area contributed by atoms with Crippen LogP contribution in [0.3, 0.4) is 0 Å². The lowest BCUT2D eigenvalue weighted by atomic mass is 9.77. The van der Waals surface area contributed by atoms with Crippen LogP contribution in [0.25, 0.3) is 0 Å². The van der Waals surface area contributed by atoms with Crippen molar-refractivity contribution in [2.45, 2.75) is 33.1 Å². The van der Waals surface area contributed by atoms with Crippen LogP contribution in [-0.2, 0) is 5.41 Å². The van der Waals surface area contributed by atoms with Gasteiger partial charge >= 0.3 is 0 Å². The first-order valence-electron chi connectivity index (χ1n) is 6.35. The van der Waals surface area contributed by atoms with E-state index in [9.17, 15) is 0 Å². The summed E-state index contributed by atoms with van der Waals surface area (Å²) in [7, 11) is 0. The average Bonchev–Trinajstić information content (AvgIpc) is 2.36. The van der Waals surface area contributed by atoms with Crippen molar-refractivity contribution in [3.63, 3.8) is 0 Å². The third-order valence-electron chi connectivity index (χ3n) is 3.81. The summed E-state index contributed by atoms with van der Waals surface area (Å²) in [5.74, 6) is 0. The quantitative estimate of drug-likeness (QED) is 0.780. The molecule has 0 atom stereocenters. The zero-order valence-corrected chi connectivity index (χ0v) is 11.6. The Morgan fingerprint density at radius 3 is 1.83 bits per heavy atom. The largest absolute Gasteiger partial charge is 0.398 e. The van der Waals surface area contributed by atoms with Gasteiger partial charge in [0, 0.05) is 11.1 Å². The normalized spacial score (nSPS) is 11.6. The van der Waals surface area contributed by atoms with E-state index in [1.807, 2.05) is 0 Å². The van der Waals surface area contributed by atoms with Gasteiger partial charge < -0.3 is 5.73 Å². The molecule has 0 spiro atoms. The Labute approximate surface area is 110 Å². The molecule has 0 bridgehead atoms. The van der Waals surface area contributed by atoms with E-state index in [4.69, 9.17) is 5.73 Å². The highest BCUT2D eigenvalue weighted by atomic mass is 14.6. The molecular weight excluding hydrogens is 218 g/mol. The number of rotatable bonds is 2. The summed E-state index contributed by atoms with van der Waals surface area (Å²) in [6.45, 7) is 8.67. The van der Waals surface area contributed by atoms with E-state index in [1.54, 1.807) is 0 Å². The first-order chi connectivity index (χ1) is 8.43. The van der Waals surface area contributed by atoms with Crippen LogP contribution in [0.1, 0.15) is 36.1 Å².